The Morgan fingerprint density at radius 1 is 1.28 bits per heavy atom. The number of aromatic nitrogens is 1. The highest BCUT2D eigenvalue weighted by Gasteiger charge is 2.36. The second-order valence-corrected chi connectivity index (χ2v) is 7.76. The van der Waals surface area contributed by atoms with Crippen molar-refractivity contribution in [2.45, 2.75) is 38.8 Å². The number of benzene rings is 1. The number of hydrogen-bond donors (Lipinski definition) is 3. The maximum absolute atomic E-state index is 12.9. The number of rotatable bonds is 6. The third-order valence-electron chi connectivity index (χ3n) is 5.89. The molecule has 1 aromatic carbocycles. The van der Waals surface area contributed by atoms with Crippen LogP contribution in [0.25, 0.3) is 0 Å². The lowest BCUT2D eigenvalue weighted by Gasteiger charge is -2.14. The van der Waals surface area contributed by atoms with Crippen LogP contribution in [0.1, 0.15) is 51.6 Å². The second-order valence-electron chi connectivity index (χ2n) is 7.76. The maximum Gasteiger partial charge on any atom is 0.263 e. The number of nitrogens with one attached hydrogen (secondary N) is 3. The van der Waals surface area contributed by atoms with Gasteiger partial charge in [-0.1, -0.05) is 25.5 Å². The predicted molar refractivity (Wildman–Crippen MR) is 111 cm³/mol. The standard InChI is InChI=1S/C22H26N4O3/c1-3-13-10-19(13)25-20(27)15-9-17(21(28)23-2)22(29)26(12-15)11-14-5-4-6-18-16(14)7-8-24-18/h4-6,9,12-13,19,24H,3,7-8,10-11H2,1-2H3,(H,23,28)(H,25,27)/t13-,19-/m1/s1. The van der Waals surface area contributed by atoms with E-state index in [9.17, 15) is 14.4 Å². The van der Waals surface area contributed by atoms with Crippen LogP contribution >= 0.6 is 0 Å². The summed E-state index contributed by atoms with van der Waals surface area (Å²) in [4.78, 5) is 38.0. The van der Waals surface area contributed by atoms with Crippen molar-refractivity contribution in [1.82, 2.24) is 15.2 Å². The summed E-state index contributed by atoms with van der Waals surface area (Å²) in [5.74, 6) is -0.219. The zero-order valence-electron chi connectivity index (χ0n) is 16.7. The average molecular weight is 394 g/mol. The Labute approximate surface area is 169 Å². The number of carbonyl (C=O) groups excluding carboxylic acids is 2. The van der Waals surface area contributed by atoms with Gasteiger partial charge in [0.15, 0.2) is 0 Å². The molecule has 3 N–H and O–H groups in total. The first-order valence-electron chi connectivity index (χ1n) is 10.1. The van der Waals surface area contributed by atoms with Gasteiger partial charge in [0.2, 0.25) is 0 Å². The van der Waals surface area contributed by atoms with E-state index in [1.54, 1.807) is 6.20 Å². The number of nitrogens with zero attached hydrogens (tertiary/aromatic N) is 1. The fraction of sp³-hybridized carbons (Fsp3) is 0.409. The molecule has 7 heteroatoms. The van der Waals surface area contributed by atoms with Crippen molar-refractivity contribution in [2.24, 2.45) is 5.92 Å². The molecule has 1 aliphatic carbocycles. The summed E-state index contributed by atoms with van der Waals surface area (Å²) in [5, 5.41) is 8.84. The molecule has 1 aromatic heterocycles. The summed E-state index contributed by atoms with van der Waals surface area (Å²) in [6, 6.07) is 7.54. The van der Waals surface area contributed by atoms with E-state index in [1.165, 1.54) is 23.2 Å². The lowest BCUT2D eigenvalue weighted by molar-refractivity contribution is 0.0948. The van der Waals surface area contributed by atoms with Crippen molar-refractivity contribution in [1.29, 1.82) is 0 Å². The van der Waals surface area contributed by atoms with Gasteiger partial charge < -0.3 is 20.5 Å². The fourth-order valence-electron chi connectivity index (χ4n) is 4.05. The highest BCUT2D eigenvalue weighted by Crippen LogP contribution is 2.33. The summed E-state index contributed by atoms with van der Waals surface area (Å²) in [5.41, 5.74) is 3.18. The predicted octanol–water partition coefficient (Wildman–Crippen LogP) is 1.75. The summed E-state index contributed by atoms with van der Waals surface area (Å²) in [6.45, 7) is 3.29. The Hall–Kier alpha value is -3.09. The van der Waals surface area contributed by atoms with Crippen LogP contribution in [0.3, 0.4) is 0 Å². The van der Waals surface area contributed by atoms with Gasteiger partial charge in [-0.15, -0.1) is 0 Å². The number of fused-ring (bicyclic) bond motifs is 1. The van der Waals surface area contributed by atoms with Gasteiger partial charge in [-0.3, -0.25) is 14.4 Å². The van der Waals surface area contributed by atoms with Crippen molar-refractivity contribution in [3.05, 3.63) is 63.1 Å². The van der Waals surface area contributed by atoms with E-state index in [-0.39, 0.29) is 17.5 Å². The zero-order valence-corrected chi connectivity index (χ0v) is 16.7. The molecule has 4 rings (SSSR count). The normalized spacial score (nSPS) is 19.2. The molecule has 29 heavy (non-hydrogen) atoms. The SMILES string of the molecule is CC[C@@H]1C[C@H]1NC(=O)c1cc(C(=O)NC)c(=O)n(Cc2cccc3c2CCN3)c1. The molecule has 2 aliphatic rings. The molecule has 152 valence electrons. The second kappa shape index (κ2) is 7.73. The van der Waals surface area contributed by atoms with Gasteiger partial charge in [0.25, 0.3) is 17.4 Å². The molecule has 0 bridgehead atoms. The fourth-order valence-corrected chi connectivity index (χ4v) is 4.05. The van der Waals surface area contributed by atoms with Crippen LogP contribution in [-0.4, -0.2) is 36.0 Å². The molecule has 2 atom stereocenters. The van der Waals surface area contributed by atoms with Gasteiger partial charge in [0, 0.05) is 31.5 Å². The molecule has 1 fully saturated rings. The Balaban J connectivity index is 1.69. The molecule has 0 unspecified atom stereocenters. The van der Waals surface area contributed by atoms with E-state index in [2.05, 4.69) is 22.9 Å². The van der Waals surface area contributed by atoms with Crippen LogP contribution in [0.15, 0.2) is 35.3 Å². The zero-order chi connectivity index (χ0) is 20.5. The molecule has 0 radical (unpaired) electrons. The maximum atomic E-state index is 12.9. The highest BCUT2D eigenvalue weighted by atomic mass is 16.2. The van der Waals surface area contributed by atoms with Gasteiger partial charge in [0.05, 0.1) is 12.1 Å². The topological polar surface area (TPSA) is 92.2 Å². The number of anilines is 1. The van der Waals surface area contributed by atoms with E-state index >= 15 is 0 Å². The van der Waals surface area contributed by atoms with E-state index in [4.69, 9.17) is 0 Å². The third-order valence-corrected chi connectivity index (χ3v) is 5.89. The summed E-state index contributed by atoms with van der Waals surface area (Å²) < 4.78 is 1.47. The van der Waals surface area contributed by atoms with Crippen LogP contribution in [-0.2, 0) is 13.0 Å². The van der Waals surface area contributed by atoms with Crippen molar-refractivity contribution in [2.75, 3.05) is 18.9 Å². The Bertz CT molecular complexity index is 1030. The van der Waals surface area contributed by atoms with Crippen molar-refractivity contribution >= 4 is 17.5 Å². The first-order valence-corrected chi connectivity index (χ1v) is 10.1. The highest BCUT2D eigenvalue weighted by molar-refractivity contribution is 5.99. The molecule has 2 aromatic rings. The van der Waals surface area contributed by atoms with Gasteiger partial charge in [0.1, 0.15) is 5.56 Å². The lowest BCUT2D eigenvalue weighted by Crippen LogP contribution is -2.34. The van der Waals surface area contributed by atoms with Gasteiger partial charge in [-0.2, -0.15) is 0 Å². The minimum absolute atomic E-state index is 0.0197. The van der Waals surface area contributed by atoms with Crippen molar-refractivity contribution < 1.29 is 9.59 Å². The Kier molecular flexibility index (Phi) is 5.13. The Morgan fingerprint density at radius 2 is 2.10 bits per heavy atom. The summed E-state index contributed by atoms with van der Waals surface area (Å²) in [7, 11) is 1.48. The summed E-state index contributed by atoms with van der Waals surface area (Å²) >= 11 is 0. The quantitative estimate of drug-likeness (QED) is 0.696. The number of pyridine rings is 1. The molecule has 1 saturated carbocycles. The van der Waals surface area contributed by atoms with Gasteiger partial charge >= 0.3 is 0 Å². The lowest BCUT2D eigenvalue weighted by atomic mass is 10.0. The molecule has 1 aliphatic heterocycles. The molecular formula is C22H26N4O3. The van der Waals surface area contributed by atoms with E-state index < -0.39 is 11.5 Å². The molecule has 0 saturated heterocycles. The average Bonchev–Trinajstić information content (AvgIpc) is 3.29. The Morgan fingerprint density at radius 3 is 2.83 bits per heavy atom. The molecule has 0 spiro atoms. The summed E-state index contributed by atoms with van der Waals surface area (Å²) in [6.07, 6.45) is 4.46. The van der Waals surface area contributed by atoms with Crippen LogP contribution < -0.4 is 21.5 Å². The molecule has 2 heterocycles. The first kappa shape index (κ1) is 19.2. The monoisotopic (exact) mass is 394 g/mol. The van der Waals surface area contributed by atoms with Crippen LogP contribution in [0.4, 0.5) is 5.69 Å². The minimum atomic E-state index is -0.490. The molecule has 7 nitrogen and oxygen atoms in total. The van der Waals surface area contributed by atoms with Crippen LogP contribution in [0.5, 0.6) is 0 Å². The van der Waals surface area contributed by atoms with Crippen LogP contribution in [0, 0.1) is 5.92 Å². The molecular weight excluding hydrogens is 368 g/mol. The van der Waals surface area contributed by atoms with Gasteiger partial charge in [-0.05, 0) is 42.0 Å². The number of hydrogen-bond acceptors (Lipinski definition) is 4. The number of amides is 2. The smallest absolute Gasteiger partial charge is 0.263 e. The van der Waals surface area contributed by atoms with E-state index in [0.29, 0.717) is 18.0 Å². The molecule has 2 amide bonds. The minimum Gasteiger partial charge on any atom is -0.384 e. The van der Waals surface area contributed by atoms with E-state index in [1.807, 2.05) is 18.2 Å². The van der Waals surface area contributed by atoms with Gasteiger partial charge in [-0.25, -0.2) is 0 Å². The number of carbonyl (C=O) groups is 2. The van der Waals surface area contributed by atoms with Crippen molar-refractivity contribution in [3.63, 3.8) is 0 Å². The van der Waals surface area contributed by atoms with E-state index in [0.717, 1.165) is 37.1 Å². The third kappa shape index (κ3) is 3.77. The largest absolute Gasteiger partial charge is 0.384 e. The van der Waals surface area contributed by atoms with Crippen LogP contribution in [0.2, 0.25) is 0 Å². The van der Waals surface area contributed by atoms with Crippen molar-refractivity contribution in [3.8, 4) is 0 Å². The first-order chi connectivity index (χ1) is 14.0.